The number of hydrogen-bond donors (Lipinski definition) is 0. The fraction of sp³-hybridized carbons (Fsp3) is 0.250. The van der Waals surface area contributed by atoms with Crippen molar-refractivity contribution in [3.8, 4) is 0 Å². The first-order chi connectivity index (χ1) is 5.73. The molecule has 1 rings (SSSR count). The summed E-state index contributed by atoms with van der Waals surface area (Å²) in [6.07, 6.45) is 0. The summed E-state index contributed by atoms with van der Waals surface area (Å²) in [5.41, 5.74) is 0. The minimum atomic E-state index is -2.10. The molecule has 12 heavy (non-hydrogen) atoms. The smallest absolute Gasteiger partial charge is 0.387 e. The third-order valence-corrected chi connectivity index (χ3v) is 8.23. The fourth-order valence-electron chi connectivity index (χ4n) is 0.956. The van der Waals surface area contributed by atoms with Crippen molar-refractivity contribution in [1.82, 2.24) is 0 Å². The molecule has 0 saturated heterocycles. The molecular weight excluding hydrogens is 283 g/mol. The van der Waals surface area contributed by atoms with Crippen molar-refractivity contribution >= 4 is 33.0 Å². The second kappa shape index (κ2) is 4.36. The van der Waals surface area contributed by atoms with Gasteiger partial charge in [0, 0.05) is 19.4 Å². The molecule has 2 nitrogen and oxygen atoms in total. The van der Waals surface area contributed by atoms with E-state index in [0.717, 1.165) is 5.19 Å². The molecule has 1 aromatic carbocycles. The van der Waals surface area contributed by atoms with Gasteiger partial charge < -0.3 is 8.85 Å². The quantitative estimate of drug-likeness (QED) is 0.478. The Bertz CT molecular complexity index is 236. The van der Waals surface area contributed by atoms with E-state index in [1.165, 1.54) is 0 Å². The lowest BCUT2D eigenvalue weighted by Gasteiger charge is -2.20. The van der Waals surface area contributed by atoms with Crippen LogP contribution in [0.4, 0.5) is 0 Å². The second-order valence-electron chi connectivity index (χ2n) is 2.31. The molecule has 4 heteroatoms. The highest BCUT2D eigenvalue weighted by atomic mass is 127. The third kappa shape index (κ3) is 2.06. The Morgan fingerprint density at radius 1 is 1.08 bits per heavy atom. The van der Waals surface area contributed by atoms with E-state index in [9.17, 15) is 0 Å². The molecule has 66 valence electrons. The number of rotatable bonds is 3. The van der Waals surface area contributed by atoms with E-state index in [2.05, 4.69) is 21.8 Å². The SMILES string of the molecule is CO[Si](I)(OC)c1ccccc1. The maximum Gasteiger partial charge on any atom is 0.441 e. The van der Waals surface area contributed by atoms with Crippen LogP contribution in [0.15, 0.2) is 30.3 Å². The zero-order valence-electron chi connectivity index (χ0n) is 7.08. The van der Waals surface area contributed by atoms with Gasteiger partial charge in [0.1, 0.15) is 0 Å². The van der Waals surface area contributed by atoms with Crippen LogP contribution in [0.3, 0.4) is 0 Å². The maximum absolute atomic E-state index is 5.38. The van der Waals surface area contributed by atoms with E-state index in [1.54, 1.807) is 14.2 Å². The largest absolute Gasteiger partial charge is 0.441 e. The molecular formula is C8H11IO2Si. The van der Waals surface area contributed by atoms with Crippen molar-refractivity contribution in [2.45, 2.75) is 0 Å². The standard InChI is InChI=1S/C8H11IO2Si/c1-10-12(9,11-2)8-6-4-3-5-7-8/h3-7H,1-2H3. The van der Waals surface area contributed by atoms with Crippen molar-refractivity contribution in [2.24, 2.45) is 0 Å². The van der Waals surface area contributed by atoms with Crippen LogP contribution >= 0.6 is 21.8 Å². The lowest BCUT2D eigenvalue weighted by atomic mass is 10.4. The molecule has 0 atom stereocenters. The topological polar surface area (TPSA) is 18.5 Å². The Morgan fingerprint density at radius 2 is 1.58 bits per heavy atom. The van der Waals surface area contributed by atoms with Crippen LogP contribution in [0, 0.1) is 0 Å². The van der Waals surface area contributed by atoms with Crippen molar-refractivity contribution in [2.75, 3.05) is 14.2 Å². The highest BCUT2D eigenvalue weighted by Gasteiger charge is 2.34. The first-order valence-corrected chi connectivity index (χ1v) is 8.51. The van der Waals surface area contributed by atoms with Gasteiger partial charge in [-0.25, -0.2) is 0 Å². The molecule has 0 fully saturated rings. The summed E-state index contributed by atoms with van der Waals surface area (Å²) < 4.78 is 10.8. The number of hydrogen-bond acceptors (Lipinski definition) is 2. The van der Waals surface area contributed by atoms with E-state index >= 15 is 0 Å². The van der Waals surface area contributed by atoms with E-state index in [1.807, 2.05) is 30.3 Å². The molecule has 0 aliphatic carbocycles. The Morgan fingerprint density at radius 3 is 2.00 bits per heavy atom. The van der Waals surface area contributed by atoms with Crippen LogP contribution in [-0.2, 0) is 8.85 Å². The highest BCUT2D eigenvalue weighted by Crippen LogP contribution is 2.13. The molecule has 0 amide bonds. The van der Waals surface area contributed by atoms with E-state index < -0.39 is 6.06 Å². The zero-order chi connectivity index (χ0) is 9.03. The van der Waals surface area contributed by atoms with Crippen molar-refractivity contribution in [3.63, 3.8) is 0 Å². The average molecular weight is 294 g/mol. The summed E-state index contributed by atoms with van der Waals surface area (Å²) in [6, 6.07) is 7.94. The molecule has 0 N–H and O–H groups in total. The predicted molar refractivity (Wildman–Crippen MR) is 59.9 cm³/mol. The zero-order valence-corrected chi connectivity index (χ0v) is 10.2. The summed E-state index contributed by atoms with van der Waals surface area (Å²) in [5, 5.41) is 1.15. The molecule has 0 unspecified atom stereocenters. The van der Waals surface area contributed by atoms with Gasteiger partial charge in [-0.05, 0) is 21.8 Å². The lowest BCUT2D eigenvalue weighted by molar-refractivity contribution is 0.287. The number of halogens is 1. The first-order valence-electron chi connectivity index (χ1n) is 3.57. The van der Waals surface area contributed by atoms with Crippen LogP contribution in [0.2, 0.25) is 0 Å². The monoisotopic (exact) mass is 294 g/mol. The summed E-state index contributed by atoms with van der Waals surface area (Å²) in [6.45, 7) is 0. The van der Waals surface area contributed by atoms with Crippen LogP contribution in [0.25, 0.3) is 0 Å². The molecule has 0 aliphatic rings. The van der Waals surface area contributed by atoms with E-state index in [4.69, 9.17) is 8.85 Å². The summed E-state index contributed by atoms with van der Waals surface area (Å²) in [4.78, 5) is 0. The molecule has 0 spiro atoms. The van der Waals surface area contributed by atoms with Crippen LogP contribution in [-0.4, -0.2) is 20.3 Å². The van der Waals surface area contributed by atoms with E-state index in [-0.39, 0.29) is 0 Å². The van der Waals surface area contributed by atoms with Crippen LogP contribution in [0.5, 0.6) is 0 Å². The maximum atomic E-state index is 5.38. The second-order valence-corrected chi connectivity index (χ2v) is 9.04. The van der Waals surface area contributed by atoms with Gasteiger partial charge in [0.05, 0.1) is 0 Å². The highest BCUT2D eigenvalue weighted by molar-refractivity contribution is 14.1. The van der Waals surface area contributed by atoms with Crippen molar-refractivity contribution in [3.05, 3.63) is 30.3 Å². The average Bonchev–Trinajstić information content (AvgIpc) is 2.18. The third-order valence-electron chi connectivity index (χ3n) is 1.64. The molecule has 0 bridgehead atoms. The first kappa shape index (κ1) is 10.2. The van der Waals surface area contributed by atoms with E-state index in [0.29, 0.717) is 0 Å². The van der Waals surface area contributed by atoms with Gasteiger partial charge in [-0.1, -0.05) is 30.3 Å². The van der Waals surface area contributed by atoms with Gasteiger partial charge in [-0.3, -0.25) is 0 Å². The van der Waals surface area contributed by atoms with Gasteiger partial charge in [-0.15, -0.1) is 0 Å². The number of benzene rings is 1. The lowest BCUT2D eigenvalue weighted by Crippen LogP contribution is -2.46. The normalized spacial score (nSPS) is 11.6. The molecule has 0 saturated carbocycles. The summed E-state index contributed by atoms with van der Waals surface area (Å²) in [7, 11) is 3.38. The van der Waals surface area contributed by atoms with Gasteiger partial charge in [0.15, 0.2) is 0 Å². The minimum Gasteiger partial charge on any atom is -0.387 e. The van der Waals surface area contributed by atoms with Gasteiger partial charge in [0.25, 0.3) is 0 Å². The van der Waals surface area contributed by atoms with Crippen LogP contribution in [0.1, 0.15) is 0 Å². The Kier molecular flexibility index (Phi) is 3.69. The fourth-order valence-corrected chi connectivity index (χ4v) is 3.26. The Balaban J connectivity index is 2.95. The molecule has 1 aromatic rings. The van der Waals surface area contributed by atoms with Gasteiger partial charge in [0.2, 0.25) is 0 Å². The Labute approximate surface area is 86.4 Å². The molecule has 0 heterocycles. The summed E-state index contributed by atoms with van der Waals surface area (Å²) in [5.74, 6) is 0. The van der Waals surface area contributed by atoms with Crippen molar-refractivity contribution in [1.29, 1.82) is 0 Å². The van der Waals surface area contributed by atoms with Crippen molar-refractivity contribution < 1.29 is 8.85 Å². The Hall–Kier alpha value is 0.0869. The van der Waals surface area contributed by atoms with Crippen LogP contribution < -0.4 is 5.19 Å². The predicted octanol–water partition coefficient (Wildman–Crippen LogP) is 1.56. The molecule has 0 aromatic heterocycles. The molecule has 0 radical (unpaired) electrons. The van der Waals surface area contributed by atoms with Gasteiger partial charge in [-0.2, -0.15) is 0 Å². The summed E-state index contributed by atoms with van der Waals surface area (Å²) >= 11 is 2.26. The minimum absolute atomic E-state index is 1.15. The van der Waals surface area contributed by atoms with Gasteiger partial charge >= 0.3 is 6.06 Å². The molecule has 0 aliphatic heterocycles.